The van der Waals surface area contributed by atoms with Crippen molar-refractivity contribution in [3.05, 3.63) is 113 Å². The molecule has 2 N–H and O–H groups in total. The summed E-state index contributed by atoms with van der Waals surface area (Å²) >= 11 is 0. The summed E-state index contributed by atoms with van der Waals surface area (Å²) in [5, 5.41) is 19.5. The molecule has 4 aromatic rings. The molecule has 1 heterocycles. The van der Waals surface area contributed by atoms with E-state index in [2.05, 4.69) is 27.9 Å². The van der Waals surface area contributed by atoms with Gasteiger partial charge in [0.25, 0.3) is 5.91 Å². The van der Waals surface area contributed by atoms with Gasteiger partial charge in [0.15, 0.2) is 5.69 Å². The lowest BCUT2D eigenvalue weighted by Gasteiger charge is -2.26. The van der Waals surface area contributed by atoms with Gasteiger partial charge < -0.3 is 10.6 Å². The third-order valence-electron chi connectivity index (χ3n) is 7.32. The Kier molecular flexibility index (Phi) is 8.50. The third kappa shape index (κ3) is 6.84. The number of hydrogen-bond donors (Lipinski definition) is 2. The van der Waals surface area contributed by atoms with Crippen molar-refractivity contribution in [2.75, 3.05) is 5.32 Å². The lowest BCUT2D eigenvalue weighted by Crippen LogP contribution is -2.33. The van der Waals surface area contributed by atoms with E-state index in [0.717, 1.165) is 34.7 Å². The molecule has 1 aliphatic carbocycles. The molecule has 0 spiro atoms. The molecule has 1 aromatic heterocycles. The van der Waals surface area contributed by atoms with Crippen LogP contribution in [-0.4, -0.2) is 21.7 Å². The van der Waals surface area contributed by atoms with Crippen molar-refractivity contribution < 1.29 is 18.0 Å². The summed E-state index contributed by atoms with van der Waals surface area (Å²) in [7, 11) is 0. The van der Waals surface area contributed by atoms with Gasteiger partial charge >= 0.3 is 6.18 Å². The summed E-state index contributed by atoms with van der Waals surface area (Å²) in [6.45, 7) is 0. The van der Waals surface area contributed by atoms with Gasteiger partial charge in [-0.15, -0.1) is 0 Å². The normalized spacial score (nSPS) is 15.1. The quantitative estimate of drug-likeness (QED) is 0.232. The predicted molar refractivity (Wildman–Crippen MR) is 151 cm³/mol. The van der Waals surface area contributed by atoms with Crippen molar-refractivity contribution in [3.63, 3.8) is 0 Å². The molecule has 210 valence electrons. The fraction of sp³-hybridized carbons (Fsp3) is 0.281. The van der Waals surface area contributed by atoms with E-state index in [1.54, 1.807) is 6.07 Å². The Balaban J connectivity index is 1.45. The molecular formula is C32H30F3N5O. The zero-order chi connectivity index (χ0) is 28.8. The second kappa shape index (κ2) is 12.4. The zero-order valence-corrected chi connectivity index (χ0v) is 22.4. The monoisotopic (exact) mass is 557 g/mol. The molecule has 1 atom stereocenters. The first-order valence-electron chi connectivity index (χ1n) is 13.7. The Morgan fingerprint density at radius 1 is 0.902 bits per heavy atom. The van der Waals surface area contributed by atoms with Gasteiger partial charge in [0.1, 0.15) is 5.69 Å². The number of carbonyl (C=O) groups is 1. The highest BCUT2D eigenvalue weighted by Crippen LogP contribution is 2.31. The van der Waals surface area contributed by atoms with Crippen molar-refractivity contribution in [2.24, 2.45) is 0 Å². The van der Waals surface area contributed by atoms with E-state index >= 15 is 0 Å². The minimum absolute atomic E-state index is 0.118. The first kappa shape index (κ1) is 28.1. The van der Waals surface area contributed by atoms with Gasteiger partial charge in [-0.1, -0.05) is 74.2 Å². The molecule has 3 aromatic carbocycles. The number of amides is 1. The van der Waals surface area contributed by atoms with Crippen molar-refractivity contribution in [1.82, 2.24) is 15.1 Å². The Morgan fingerprint density at radius 3 is 2.32 bits per heavy atom. The van der Waals surface area contributed by atoms with Crippen LogP contribution in [0.4, 0.5) is 18.9 Å². The first-order valence-corrected chi connectivity index (χ1v) is 13.7. The molecule has 1 saturated carbocycles. The van der Waals surface area contributed by atoms with E-state index in [-0.39, 0.29) is 23.0 Å². The van der Waals surface area contributed by atoms with Crippen LogP contribution in [0.25, 0.3) is 5.69 Å². The maximum Gasteiger partial charge on any atom is 0.435 e. The van der Waals surface area contributed by atoms with Crippen LogP contribution in [0.1, 0.15) is 77.4 Å². The average Bonchev–Trinajstić information content (AvgIpc) is 3.29. The number of benzene rings is 3. The Labute approximate surface area is 236 Å². The number of aromatic nitrogens is 2. The number of rotatable bonds is 7. The predicted octanol–water partition coefficient (Wildman–Crippen LogP) is 7.42. The summed E-state index contributed by atoms with van der Waals surface area (Å²) in [6, 6.07) is 26.3. The molecule has 1 fully saturated rings. The molecule has 0 aliphatic heterocycles. The average molecular weight is 558 g/mol. The van der Waals surface area contributed by atoms with E-state index < -0.39 is 17.8 Å². The number of hydrogen-bond acceptors (Lipinski definition) is 4. The summed E-state index contributed by atoms with van der Waals surface area (Å²) < 4.78 is 41.7. The second-order valence-electron chi connectivity index (χ2n) is 10.3. The lowest BCUT2D eigenvalue weighted by atomic mass is 9.96. The summed E-state index contributed by atoms with van der Waals surface area (Å²) in [6.07, 6.45) is 2.28. The molecule has 1 amide bonds. The van der Waals surface area contributed by atoms with Crippen LogP contribution in [0.15, 0.2) is 84.9 Å². The highest BCUT2D eigenvalue weighted by molar-refractivity contribution is 6.03. The fourth-order valence-electron chi connectivity index (χ4n) is 5.29. The minimum Gasteiger partial charge on any atom is -0.321 e. The topological polar surface area (TPSA) is 82.7 Å². The van der Waals surface area contributed by atoms with E-state index in [4.69, 9.17) is 0 Å². The summed E-state index contributed by atoms with van der Waals surface area (Å²) in [4.78, 5) is 13.4. The van der Waals surface area contributed by atoms with Crippen molar-refractivity contribution >= 4 is 11.6 Å². The van der Waals surface area contributed by atoms with Crippen molar-refractivity contribution in [3.8, 4) is 11.8 Å². The van der Waals surface area contributed by atoms with E-state index in [1.807, 2.05) is 42.5 Å². The molecule has 1 unspecified atom stereocenters. The number of nitriles is 1. The largest absolute Gasteiger partial charge is 0.435 e. The number of nitrogens with one attached hydrogen (secondary N) is 2. The van der Waals surface area contributed by atoms with Crippen molar-refractivity contribution in [1.29, 1.82) is 5.26 Å². The maximum absolute atomic E-state index is 13.6. The smallest absolute Gasteiger partial charge is 0.321 e. The number of carbonyl (C=O) groups excluding carboxylic acids is 1. The SMILES string of the molecule is N#Cc1cccc(-n2nc(C(F)(F)F)cc2C(=O)Nc2cccc(C(NC3CCCCCC3)c3ccccc3)c2)c1. The molecule has 9 heteroatoms. The molecule has 6 nitrogen and oxygen atoms in total. The van der Waals surface area contributed by atoms with Crippen LogP contribution in [0.3, 0.4) is 0 Å². The van der Waals surface area contributed by atoms with Gasteiger partial charge in [0.2, 0.25) is 0 Å². The lowest BCUT2D eigenvalue weighted by molar-refractivity contribution is -0.141. The summed E-state index contributed by atoms with van der Waals surface area (Å²) in [5.74, 6) is -0.750. The molecule has 0 bridgehead atoms. The molecule has 0 radical (unpaired) electrons. The maximum atomic E-state index is 13.6. The number of nitrogens with zero attached hydrogens (tertiary/aromatic N) is 3. The standard InChI is InChI=1S/C32H30F3N5O/c33-32(34,35)29-20-28(40(39-29)27-17-8-10-22(18-27)21-36)31(41)38-26-16-9-13-24(19-26)30(23-11-4-3-5-12-23)37-25-14-6-1-2-7-15-25/h3-5,8-13,16-20,25,30,37H,1-2,6-7,14-15H2,(H,38,41). The Bertz CT molecular complexity index is 1530. The first-order chi connectivity index (χ1) is 19.8. The van der Waals surface area contributed by atoms with Gasteiger partial charge in [-0.2, -0.15) is 23.5 Å². The number of halogens is 3. The molecular weight excluding hydrogens is 527 g/mol. The zero-order valence-electron chi connectivity index (χ0n) is 22.4. The van der Waals surface area contributed by atoms with Crippen LogP contribution >= 0.6 is 0 Å². The highest BCUT2D eigenvalue weighted by Gasteiger charge is 2.36. The second-order valence-corrected chi connectivity index (χ2v) is 10.3. The van der Waals surface area contributed by atoms with E-state index in [1.165, 1.54) is 49.9 Å². The van der Waals surface area contributed by atoms with Gasteiger partial charge in [0, 0.05) is 17.8 Å². The molecule has 1 aliphatic rings. The Morgan fingerprint density at radius 2 is 1.61 bits per heavy atom. The van der Waals surface area contributed by atoms with Crippen molar-refractivity contribution in [2.45, 2.75) is 56.8 Å². The highest BCUT2D eigenvalue weighted by atomic mass is 19.4. The van der Waals surface area contributed by atoms with E-state index in [0.29, 0.717) is 11.7 Å². The molecule has 0 saturated heterocycles. The number of alkyl halides is 3. The van der Waals surface area contributed by atoms with Crippen LogP contribution in [0.5, 0.6) is 0 Å². The van der Waals surface area contributed by atoms with Gasteiger partial charge in [-0.3, -0.25) is 4.79 Å². The third-order valence-corrected chi connectivity index (χ3v) is 7.32. The minimum atomic E-state index is -4.75. The van der Waals surface area contributed by atoms with Gasteiger partial charge in [0.05, 0.1) is 23.4 Å². The van der Waals surface area contributed by atoms with Crippen LogP contribution in [0, 0.1) is 11.3 Å². The van der Waals surface area contributed by atoms with Gasteiger partial charge in [-0.05, 0) is 54.3 Å². The number of anilines is 1. The van der Waals surface area contributed by atoms with Crippen LogP contribution < -0.4 is 10.6 Å². The van der Waals surface area contributed by atoms with Crippen LogP contribution in [-0.2, 0) is 6.18 Å². The van der Waals surface area contributed by atoms with Gasteiger partial charge in [-0.25, -0.2) is 4.68 Å². The Hall–Kier alpha value is -4.42. The summed E-state index contributed by atoms with van der Waals surface area (Å²) in [5.41, 5.74) is 1.39. The molecule has 5 rings (SSSR count). The van der Waals surface area contributed by atoms with Crippen LogP contribution in [0.2, 0.25) is 0 Å². The molecule has 41 heavy (non-hydrogen) atoms. The fourth-order valence-corrected chi connectivity index (χ4v) is 5.29. The van der Waals surface area contributed by atoms with E-state index in [9.17, 15) is 23.2 Å².